The van der Waals surface area contributed by atoms with Crippen molar-refractivity contribution in [3.05, 3.63) is 70.8 Å². The Balaban J connectivity index is 2.24. The van der Waals surface area contributed by atoms with Crippen molar-refractivity contribution in [3.63, 3.8) is 0 Å². The van der Waals surface area contributed by atoms with Crippen molar-refractivity contribution in [2.75, 3.05) is 0 Å². The van der Waals surface area contributed by atoms with Crippen LogP contribution in [-0.2, 0) is 11.8 Å². The predicted molar refractivity (Wildman–Crippen MR) is 98.1 cm³/mol. The minimum absolute atomic E-state index is 0.151. The molecule has 0 atom stereocenters. The quantitative estimate of drug-likeness (QED) is 0.658. The molecule has 1 nitrogen and oxygen atoms in total. The van der Waals surface area contributed by atoms with Gasteiger partial charge in [-0.25, -0.2) is 0 Å². The lowest BCUT2D eigenvalue weighted by Crippen LogP contribution is -2.27. The maximum absolute atomic E-state index is 12.8. The molecule has 0 amide bonds. The summed E-state index contributed by atoms with van der Waals surface area (Å²) >= 11 is 0. The zero-order chi connectivity index (χ0) is 17.3. The van der Waals surface area contributed by atoms with Crippen LogP contribution in [0.4, 0.5) is 0 Å². The fourth-order valence-corrected chi connectivity index (χ4v) is 3.25. The van der Waals surface area contributed by atoms with Crippen molar-refractivity contribution < 1.29 is 4.79 Å². The molecule has 1 heteroatoms. The van der Waals surface area contributed by atoms with Crippen LogP contribution in [0.1, 0.15) is 61.7 Å². The first kappa shape index (κ1) is 17.5. The van der Waals surface area contributed by atoms with E-state index in [4.69, 9.17) is 0 Å². The molecule has 0 spiro atoms. The van der Waals surface area contributed by atoms with E-state index in [2.05, 4.69) is 45.9 Å². The van der Waals surface area contributed by atoms with Crippen molar-refractivity contribution in [2.24, 2.45) is 5.41 Å². The zero-order valence-electron chi connectivity index (χ0n) is 15.2. The smallest absolute Gasteiger partial charge is 0.168 e. The molecule has 0 aliphatic carbocycles. The van der Waals surface area contributed by atoms with Crippen LogP contribution < -0.4 is 0 Å². The van der Waals surface area contributed by atoms with Gasteiger partial charge < -0.3 is 0 Å². The Morgan fingerprint density at radius 2 is 1.52 bits per heavy atom. The Bertz CT molecular complexity index is 688. The minimum atomic E-state index is -0.406. The molecule has 0 aliphatic rings. The van der Waals surface area contributed by atoms with Gasteiger partial charge in [0.1, 0.15) is 0 Å². The van der Waals surface area contributed by atoms with E-state index in [9.17, 15) is 4.79 Å². The highest BCUT2D eigenvalue weighted by molar-refractivity contribution is 6.00. The van der Waals surface area contributed by atoms with Crippen LogP contribution in [0.3, 0.4) is 0 Å². The molecule has 2 aromatic rings. The molecule has 0 unspecified atom stereocenters. The van der Waals surface area contributed by atoms with Crippen LogP contribution in [0.2, 0.25) is 0 Å². The number of hydrogen-bond acceptors (Lipinski definition) is 1. The predicted octanol–water partition coefficient (Wildman–Crippen LogP) is 5.74. The molecule has 0 fully saturated rings. The number of carbonyl (C=O) groups excluding carboxylic acids is 1. The maximum Gasteiger partial charge on any atom is 0.168 e. The Morgan fingerprint density at radius 1 is 0.913 bits per heavy atom. The summed E-state index contributed by atoms with van der Waals surface area (Å²) in [6, 6.07) is 16.2. The molecule has 0 bridgehead atoms. The van der Waals surface area contributed by atoms with E-state index in [0.29, 0.717) is 0 Å². The van der Waals surface area contributed by atoms with Crippen molar-refractivity contribution in [3.8, 4) is 0 Å². The van der Waals surface area contributed by atoms with Crippen molar-refractivity contribution >= 4 is 5.78 Å². The second-order valence-electron chi connectivity index (χ2n) is 8.16. The molecule has 122 valence electrons. The summed E-state index contributed by atoms with van der Waals surface area (Å²) in [5.41, 5.74) is 4.44. The molecule has 0 saturated carbocycles. The van der Waals surface area contributed by atoms with Crippen LogP contribution >= 0.6 is 0 Å². The number of carbonyl (C=O) groups is 1. The lowest BCUT2D eigenvalue weighted by Gasteiger charge is -2.26. The Kier molecular flexibility index (Phi) is 4.79. The molecule has 23 heavy (non-hydrogen) atoms. The third kappa shape index (κ3) is 4.10. The van der Waals surface area contributed by atoms with Crippen LogP contribution in [0.25, 0.3) is 0 Å². The van der Waals surface area contributed by atoms with Gasteiger partial charge in [0.05, 0.1) is 0 Å². The van der Waals surface area contributed by atoms with Gasteiger partial charge in [0, 0.05) is 11.0 Å². The van der Waals surface area contributed by atoms with Gasteiger partial charge in [0.2, 0.25) is 0 Å². The van der Waals surface area contributed by atoms with Gasteiger partial charge in [-0.3, -0.25) is 4.79 Å². The van der Waals surface area contributed by atoms with E-state index in [0.717, 1.165) is 12.0 Å². The minimum Gasteiger partial charge on any atom is -0.294 e. The SMILES string of the molecule is Cc1cc(CC(C)(C)C(=O)c2ccccc2)ccc1C(C)(C)C. The fourth-order valence-electron chi connectivity index (χ4n) is 3.25. The van der Waals surface area contributed by atoms with Gasteiger partial charge in [-0.2, -0.15) is 0 Å². The Morgan fingerprint density at radius 3 is 2.04 bits per heavy atom. The molecular formula is C22H28O. The molecule has 0 saturated heterocycles. The lowest BCUT2D eigenvalue weighted by molar-refractivity contribution is 0.0837. The second-order valence-corrected chi connectivity index (χ2v) is 8.16. The molecule has 2 aromatic carbocycles. The lowest BCUT2D eigenvalue weighted by atomic mass is 9.77. The van der Waals surface area contributed by atoms with E-state index < -0.39 is 5.41 Å². The first-order chi connectivity index (χ1) is 10.6. The summed E-state index contributed by atoms with van der Waals surface area (Å²) in [4.78, 5) is 12.8. The molecule has 0 aliphatic heterocycles. The highest BCUT2D eigenvalue weighted by Crippen LogP contribution is 2.30. The third-order valence-electron chi connectivity index (χ3n) is 4.40. The Hall–Kier alpha value is -1.89. The van der Waals surface area contributed by atoms with E-state index >= 15 is 0 Å². The molecule has 0 heterocycles. The molecule has 2 rings (SSSR count). The highest BCUT2D eigenvalue weighted by atomic mass is 16.1. The van der Waals surface area contributed by atoms with Crippen LogP contribution in [0, 0.1) is 12.3 Å². The molecule has 0 aromatic heterocycles. The van der Waals surface area contributed by atoms with Gasteiger partial charge >= 0.3 is 0 Å². The molecule has 0 radical (unpaired) electrons. The summed E-state index contributed by atoms with van der Waals surface area (Å²) < 4.78 is 0. The number of ketones is 1. The largest absolute Gasteiger partial charge is 0.294 e. The number of hydrogen-bond donors (Lipinski definition) is 0. The van der Waals surface area contributed by atoms with Crippen LogP contribution in [0.5, 0.6) is 0 Å². The summed E-state index contributed by atoms with van der Waals surface area (Å²) in [7, 11) is 0. The summed E-state index contributed by atoms with van der Waals surface area (Å²) in [5, 5.41) is 0. The first-order valence-electron chi connectivity index (χ1n) is 8.31. The number of Topliss-reactive ketones (excluding diaryl/α,β-unsaturated/α-hetero) is 1. The molecule has 0 N–H and O–H groups in total. The van der Waals surface area contributed by atoms with Gasteiger partial charge in [-0.1, -0.05) is 83.1 Å². The van der Waals surface area contributed by atoms with Gasteiger partial charge in [0.25, 0.3) is 0 Å². The highest BCUT2D eigenvalue weighted by Gasteiger charge is 2.29. The average Bonchev–Trinajstić information content (AvgIpc) is 2.45. The van der Waals surface area contributed by atoms with E-state index in [1.807, 2.05) is 44.2 Å². The second kappa shape index (κ2) is 6.31. The van der Waals surface area contributed by atoms with Gasteiger partial charge in [-0.15, -0.1) is 0 Å². The normalized spacial score (nSPS) is 12.3. The number of aryl methyl sites for hydroxylation is 1. The van der Waals surface area contributed by atoms with Crippen molar-refractivity contribution in [1.82, 2.24) is 0 Å². The standard InChI is InChI=1S/C22H28O/c1-16-14-17(12-13-19(16)21(2,3)4)15-22(5,6)20(23)18-10-8-7-9-11-18/h7-14H,15H2,1-6H3. The first-order valence-corrected chi connectivity index (χ1v) is 8.31. The number of rotatable bonds is 4. The average molecular weight is 308 g/mol. The van der Waals surface area contributed by atoms with Crippen molar-refractivity contribution in [1.29, 1.82) is 0 Å². The number of benzene rings is 2. The monoisotopic (exact) mass is 308 g/mol. The Labute approximate surface area is 140 Å². The van der Waals surface area contributed by atoms with E-state index in [1.54, 1.807) is 0 Å². The topological polar surface area (TPSA) is 17.1 Å². The summed E-state index contributed by atoms with van der Waals surface area (Å²) in [6.07, 6.45) is 0.756. The fraction of sp³-hybridized carbons (Fsp3) is 0.409. The van der Waals surface area contributed by atoms with Crippen molar-refractivity contribution in [2.45, 2.75) is 53.4 Å². The van der Waals surface area contributed by atoms with E-state index in [1.165, 1.54) is 16.7 Å². The molecular weight excluding hydrogens is 280 g/mol. The van der Waals surface area contributed by atoms with Crippen LogP contribution in [0.15, 0.2) is 48.5 Å². The van der Waals surface area contributed by atoms with Gasteiger partial charge in [-0.05, 0) is 35.4 Å². The summed E-state index contributed by atoms with van der Waals surface area (Å²) in [6.45, 7) is 12.9. The van der Waals surface area contributed by atoms with E-state index in [-0.39, 0.29) is 11.2 Å². The maximum atomic E-state index is 12.8. The summed E-state index contributed by atoms with van der Waals surface area (Å²) in [5.74, 6) is 0.204. The zero-order valence-corrected chi connectivity index (χ0v) is 15.2. The third-order valence-corrected chi connectivity index (χ3v) is 4.40. The van der Waals surface area contributed by atoms with Crippen LogP contribution in [-0.4, -0.2) is 5.78 Å². The van der Waals surface area contributed by atoms with Gasteiger partial charge in [0.15, 0.2) is 5.78 Å².